The van der Waals surface area contributed by atoms with Crippen molar-refractivity contribution in [1.82, 2.24) is 4.98 Å². The maximum Gasteiger partial charge on any atom is 0.143 e. The Morgan fingerprint density at radius 1 is 0.500 bits per heavy atom. The molecule has 0 saturated carbocycles. The highest BCUT2D eigenvalue weighted by Gasteiger charge is 2.14. The van der Waals surface area contributed by atoms with E-state index in [1.165, 1.54) is 32.7 Å². The van der Waals surface area contributed by atoms with Crippen LogP contribution in [0.2, 0.25) is 0 Å². The number of furan rings is 1. The first-order chi connectivity index (χ1) is 14.8. The fourth-order valence-electron chi connectivity index (χ4n) is 4.71. The molecule has 0 aliphatic rings. The molecule has 0 saturated heterocycles. The SMILES string of the molecule is c1ccc(-c2ccc3[nH]c4cc5oc6c7ccccc7ccc6c5cc4c3c2)cc1. The molecule has 7 rings (SSSR count). The third kappa shape index (κ3) is 2.13. The molecule has 0 aliphatic heterocycles. The van der Waals surface area contributed by atoms with Crippen LogP contribution in [-0.4, -0.2) is 4.98 Å². The maximum atomic E-state index is 6.34. The Hall–Kier alpha value is -4.04. The van der Waals surface area contributed by atoms with Crippen LogP contribution >= 0.6 is 0 Å². The van der Waals surface area contributed by atoms with Gasteiger partial charge in [-0.1, -0.05) is 66.7 Å². The largest absolute Gasteiger partial charge is 0.455 e. The van der Waals surface area contributed by atoms with Gasteiger partial charge in [0.05, 0.1) is 5.52 Å². The summed E-state index contributed by atoms with van der Waals surface area (Å²) >= 11 is 0. The monoisotopic (exact) mass is 383 g/mol. The lowest BCUT2D eigenvalue weighted by atomic mass is 10.0. The number of hydrogen-bond acceptors (Lipinski definition) is 1. The second-order valence-electron chi connectivity index (χ2n) is 7.91. The molecule has 0 bridgehead atoms. The molecule has 0 amide bonds. The van der Waals surface area contributed by atoms with Gasteiger partial charge >= 0.3 is 0 Å². The van der Waals surface area contributed by atoms with E-state index in [2.05, 4.69) is 102 Å². The van der Waals surface area contributed by atoms with Crippen molar-refractivity contribution in [3.05, 3.63) is 97.1 Å². The van der Waals surface area contributed by atoms with Gasteiger partial charge in [0, 0.05) is 38.5 Å². The highest BCUT2D eigenvalue weighted by molar-refractivity contribution is 6.20. The van der Waals surface area contributed by atoms with Gasteiger partial charge in [-0.2, -0.15) is 0 Å². The standard InChI is InChI=1S/C28H17NO/c1-2-6-17(7-3-1)19-11-13-25-22(14-19)23-15-24-21-12-10-18-8-4-5-9-20(18)28(21)30-27(24)16-26(23)29-25/h1-16,29H. The molecule has 7 aromatic rings. The number of hydrogen-bond donors (Lipinski definition) is 1. The average Bonchev–Trinajstić information content (AvgIpc) is 3.35. The van der Waals surface area contributed by atoms with Crippen LogP contribution in [0.25, 0.3) is 65.6 Å². The number of benzene rings is 5. The molecular formula is C28H17NO. The first kappa shape index (κ1) is 15.8. The van der Waals surface area contributed by atoms with Crippen LogP contribution in [-0.2, 0) is 0 Å². The van der Waals surface area contributed by atoms with Gasteiger partial charge in [0.25, 0.3) is 0 Å². The van der Waals surface area contributed by atoms with E-state index in [9.17, 15) is 0 Å². The Balaban J connectivity index is 1.56. The molecule has 30 heavy (non-hydrogen) atoms. The topological polar surface area (TPSA) is 28.9 Å². The van der Waals surface area contributed by atoms with Crippen molar-refractivity contribution >= 4 is 54.5 Å². The fraction of sp³-hybridized carbons (Fsp3) is 0. The minimum absolute atomic E-state index is 0.920. The van der Waals surface area contributed by atoms with Crippen LogP contribution in [0.15, 0.2) is 101 Å². The molecule has 0 atom stereocenters. The van der Waals surface area contributed by atoms with Gasteiger partial charge in [0.15, 0.2) is 0 Å². The Morgan fingerprint density at radius 3 is 2.27 bits per heavy atom. The van der Waals surface area contributed by atoms with Crippen LogP contribution in [0.5, 0.6) is 0 Å². The second-order valence-corrected chi connectivity index (χ2v) is 7.91. The van der Waals surface area contributed by atoms with Crippen molar-refractivity contribution < 1.29 is 4.42 Å². The van der Waals surface area contributed by atoms with Gasteiger partial charge in [-0.3, -0.25) is 0 Å². The molecule has 0 radical (unpaired) electrons. The number of rotatable bonds is 1. The van der Waals surface area contributed by atoms with Gasteiger partial charge in [0.1, 0.15) is 11.2 Å². The predicted octanol–water partition coefficient (Wildman–Crippen LogP) is 8.04. The van der Waals surface area contributed by atoms with Crippen LogP contribution in [0.4, 0.5) is 0 Å². The van der Waals surface area contributed by atoms with Crippen molar-refractivity contribution in [3.8, 4) is 11.1 Å². The van der Waals surface area contributed by atoms with Crippen LogP contribution in [0.3, 0.4) is 0 Å². The van der Waals surface area contributed by atoms with Crippen molar-refractivity contribution in [2.75, 3.05) is 0 Å². The van der Waals surface area contributed by atoms with Crippen molar-refractivity contribution in [1.29, 1.82) is 0 Å². The fourth-order valence-corrected chi connectivity index (χ4v) is 4.71. The maximum absolute atomic E-state index is 6.34. The smallest absolute Gasteiger partial charge is 0.143 e. The summed E-state index contributed by atoms with van der Waals surface area (Å²) in [4.78, 5) is 3.57. The van der Waals surface area contributed by atoms with Crippen LogP contribution < -0.4 is 0 Å². The number of nitrogens with one attached hydrogen (secondary N) is 1. The summed E-state index contributed by atoms with van der Waals surface area (Å²) in [6, 6.07) is 34.3. The predicted molar refractivity (Wildman–Crippen MR) is 126 cm³/mol. The van der Waals surface area contributed by atoms with Crippen LogP contribution in [0.1, 0.15) is 0 Å². The van der Waals surface area contributed by atoms with E-state index < -0.39 is 0 Å². The Bertz CT molecular complexity index is 1740. The second kappa shape index (κ2) is 5.74. The van der Waals surface area contributed by atoms with E-state index in [0.717, 1.165) is 33.0 Å². The lowest BCUT2D eigenvalue weighted by Gasteiger charge is -2.01. The summed E-state index contributed by atoms with van der Waals surface area (Å²) in [6.45, 7) is 0. The molecule has 1 N–H and O–H groups in total. The van der Waals surface area contributed by atoms with E-state index in [0.29, 0.717) is 0 Å². The minimum Gasteiger partial charge on any atom is -0.455 e. The van der Waals surface area contributed by atoms with Gasteiger partial charge < -0.3 is 9.40 Å². The van der Waals surface area contributed by atoms with Crippen molar-refractivity contribution in [3.63, 3.8) is 0 Å². The molecule has 2 heterocycles. The summed E-state index contributed by atoms with van der Waals surface area (Å²) in [5.74, 6) is 0. The minimum atomic E-state index is 0.920. The molecule has 0 fully saturated rings. The third-order valence-corrected chi connectivity index (χ3v) is 6.19. The zero-order valence-electron chi connectivity index (χ0n) is 16.1. The number of fused-ring (bicyclic) bond motifs is 8. The summed E-state index contributed by atoms with van der Waals surface area (Å²) in [6.07, 6.45) is 0. The average molecular weight is 383 g/mol. The highest BCUT2D eigenvalue weighted by atomic mass is 16.3. The van der Waals surface area contributed by atoms with E-state index in [1.54, 1.807) is 0 Å². The summed E-state index contributed by atoms with van der Waals surface area (Å²) in [5.41, 5.74) is 6.59. The molecular weight excluding hydrogens is 366 g/mol. The normalized spacial score (nSPS) is 12.0. The zero-order valence-corrected chi connectivity index (χ0v) is 16.1. The van der Waals surface area contributed by atoms with Gasteiger partial charge in [0.2, 0.25) is 0 Å². The van der Waals surface area contributed by atoms with E-state index in [1.807, 2.05) is 0 Å². The van der Waals surface area contributed by atoms with E-state index in [-0.39, 0.29) is 0 Å². The first-order valence-electron chi connectivity index (χ1n) is 10.2. The lowest BCUT2D eigenvalue weighted by molar-refractivity contribution is 0.673. The lowest BCUT2D eigenvalue weighted by Crippen LogP contribution is -1.77. The molecule has 140 valence electrons. The Labute approximate surface area is 172 Å². The van der Waals surface area contributed by atoms with E-state index >= 15 is 0 Å². The molecule has 0 spiro atoms. The van der Waals surface area contributed by atoms with E-state index in [4.69, 9.17) is 4.42 Å². The van der Waals surface area contributed by atoms with Gasteiger partial charge in [-0.15, -0.1) is 0 Å². The summed E-state index contributed by atoms with van der Waals surface area (Å²) in [7, 11) is 0. The third-order valence-electron chi connectivity index (χ3n) is 6.19. The zero-order chi connectivity index (χ0) is 19.7. The number of H-pyrrole nitrogens is 1. The summed E-state index contributed by atoms with van der Waals surface area (Å²) < 4.78 is 6.34. The highest BCUT2D eigenvalue weighted by Crippen LogP contribution is 2.38. The molecule has 2 aromatic heterocycles. The summed E-state index contributed by atoms with van der Waals surface area (Å²) in [5, 5.41) is 7.15. The number of aromatic amines is 1. The van der Waals surface area contributed by atoms with Crippen molar-refractivity contribution in [2.24, 2.45) is 0 Å². The quantitative estimate of drug-likeness (QED) is 0.305. The van der Waals surface area contributed by atoms with Gasteiger partial charge in [-0.05, 0) is 40.8 Å². The Morgan fingerprint density at radius 2 is 1.33 bits per heavy atom. The van der Waals surface area contributed by atoms with Crippen molar-refractivity contribution in [2.45, 2.75) is 0 Å². The molecule has 2 nitrogen and oxygen atoms in total. The number of aromatic nitrogens is 1. The Kier molecular flexibility index (Phi) is 3.03. The molecule has 2 heteroatoms. The van der Waals surface area contributed by atoms with Crippen LogP contribution in [0, 0.1) is 0 Å². The molecule has 0 aliphatic carbocycles. The molecule has 5 aromatic carbocycles. The molecule has 0 unspecified atom stereocenters. The first-order valence-corrected chi connectivity index (χ1v) is 10.2. The van der Waals surface area contributed by atoms with Gasteiger partial charge in [-0.25, -0.2) is 0 Å².